The maximum Gasteiger partial charge on any atom is 0.223 e. The Kier molecular flexibility index (Phi) is 3.24. The first-order chi connectivity index (χ1) is 7.70. The fourth-order valence-electron chi connectivity index (χ4n) is 1.90. The van der Waals surface area contributed by atoms with E-state index in [0.717, 1.165) is 18.9 Å². The first kappa shape index (κ1) is 11.1. The maximum absolute atomic E-state index is 11.9. The van der Waals surface area contributed by atoms with E-state index in [-0.39, 0.29) is 11.8 Å². The summed E-state index contributed by atoms with van der Waals surface area (Å²) in [4.78, 5) is 18.0. The van der Waals surface area contributed by atoms with Crippen LogP contribution in [0, 0.1) is 5.92 Å². The zero-order valence-corrected chi connectivity index (χ0v) is 9.59. The minimum Gasteiger partial charge on any atom is -0.333 e. The summed E-state index contributed by atoms with van der Waals surface area (Å²) >= 11 is 0. The molecule has 1 unspecified atom stereocenters. The summed E-state index contributed by atoms with van der Waals surface area (Å²) in [6.07, 6.45) is 4.28. The summed E-state index contributed by atoms with van der Waals surface area (Å²) < 4.78 is 2.09. The monoisotopic (exact) mass is 222 g/mol. The number of aromatic nitrogens is 2. The standard InChI is InChI=1S/C11H18N4O/c1-9(7-12)6-11(16)15-5-4-14-3-2-13-10(14)8-15/h2-3,9H,4-8,12H2,1H3. The minimum atomic E-state index is 0.187. The predicted molar refractivity (Wildman–Crippen MR) is 60.5 cm³/mol. The number of nitrogens with zero attached hydrogens (tertiary/aromatic N) is 3. The minimum absolute atomic E-state index is 0.187. The van der Waals surface area contributed by atoms with Crippen molar-refractivity contribution in [3.05, 3.63) is 18.2 Å². The molecule has 1 aliphatic rings. The Balaban J connectivity index is 1.95. The molecule has 0 spiro atoms. The molecule has 1 aromatic heterocycles. The van der Waals surface area contributed by atoms with Gasteiger partial charge in [0.15, 0.2) is 0 Å². The van der Waals surface area contributed by atoms with Crippen LogP contribution < -0.4 is 5.73 Å². The van der Waals surface area contributed by atoms with Gasteiger partial charge in [-0.3, -0.25) is 4.79 Å². The van der Waals surface area contributed by atoms with Crippen molar-refractivity contribution in [2.24, 2.45) is 11.7 Å². The lowest BCUT2D eigenvalue weighted by Crippen LogP contribution is -2.39. The average molecular weight is 222 g/mol. The SMILES string of the molecule is CC(CN)CC(=O)N1CCn2ccnc2C1. The number of amides is 1. The van der Waals surface area contributed by atoms with Crippen molar-refractivity contribution in [1.29, 1.82) is 0 Å². The van der Waals surface area contributed by atoms with Gasteiger partial charge in [-0.05, 0) is 12.5 Å². The molecular formula is C11H18N4O. The summed E-state index contributed by atoms with van der Waals surface area (Å²) in [5.41, 5.74) is 5.52. The molecule has 5 nitrogen and oxygen atoms in total. The van der Waals surface area contributed by atoms with Crippen molar-refractivity contribution in [2.75, 3.05) is 13.1 Å². The van der Waals surface area contributed by atoms with Gasteiger partial charge in [-0.2, -0.15) is 0 Å². The zero-order valence-electron chi connectivity index (χ0n) is 9.59. The molecule has 0 saturated carbocycles. The van der Waals surface area contributed by atoms with E-state index in [4.69, 9.17) is 5.73 Å². The second-order valence-corrected chi connectivity index (χ2v) is 4.40. The topological polar surface area (TPSA) is 64.2 Å². The van der Waals surface area contributed by atoms with Gasteiger partial charge in [-0.15, -0.1) is 0 Å². The molecule has 2 heterocycles. The first-order valence-corrected chi connectivity index (χ1v) is 5.68. The normalized spacial score (nSPS) is 17.0. The molecular weight excluding hydrogens is 204 g/mol. The maximum atomic E-state index is 11.9. The Morgan fingerprint density at radius 3 is 3.19 bits per heavy atom. The molecule has 0 radical (unpaired) electrons. The number of nitrogens with two attached hydrogens (primary N) is 1. The highest BCUT2D eigenvalue weighted by Crippen LogP contribution is 2.13. The molecule has 0 bridgehead atoms. The van der Waals surface area contributed by atoms with Crippen molar-refractivity contribution in [1.82, 2.24) is 14.5 Å². The molecule has 0 aliphatic carbocycles. The number of hydrogen-bond donors (Lipinski definition) is 1. The Hall–Kier alpha value is -1.36. The summed E-state index contributed by atoms with van der Waals surface area (Å²) in [5.74, 6) is 1.42. The highest BCUT2D eigenvalue weighted by atomic mass is 16.2. The molecule has 1 aromatic rings. The van der Waals surface area contributed by atoms with Gasteiger partial charge in [0, 0.05) is 31.9 Å². The Morgan fingerprint density at radius 2 is 2.44 bits per heavy atom. The second-order valence-electron chi connectivity index (χ2n) is 4.40. The van der Waals surface area contributed by atoms with E-state index in [9.17, 15) is 4.79 Å². The molecule has 1 amide bonds. The van der Waals surface area contributed by atoms with E-state index in [1.165, 1.54) is 0 Å². The Labute approximate surface area is 95.2 Å². The zero-order chi connectivity index (χ0) is 11.5. The summed E-state index contributed by atoms with van der Waals surface area (Å²) in [6, 6.07) is 0. The van der Waals surface area contributed by atoms with Crippen LogP contribution in [0.1, 0.15) is 19.2 Å². The van der Waals surface area contributed by atoms with Gasteiger partial charge < -0.3 is 15.2 Å². The van der Waals surface area contributed by atoms with Crippen LogP contribution in [0.2, 0.25) is 0 Å². The lowest BCUT2D eigenvalue weighted by atomic mass is 10.1. The second kappa shape index (κ2) is 4.65. The van der Waals surface area contributed by atoms with Crippen LogP contribution in [0.3, 0.4) is 0 Å². The van der Waals surface area contributed by atoms with Crippen LogP contribution in [-0.2, 0) is 17.9 Å². The van der Waals surface area contributed by atoms with Crippen LogP contribution in [0.15, 0.2) is 12.4 Å². The third-order valence-corrected chi connectivity index (χ3v) is 3.02. The molecule has 5 heteroatoms. The molecule has 2 N–H and O–H groups in total. The number of fused-ring (bicyclic) bond motifs is 1. The van der Waals surface area contributed by atoms with Gasteiger partial charge in [0.2, 0.25) is 5.91 Å². The molecule has 0 fully saturated rings. The molecule has 0 saturated heterocycles. The molecule has 1 atom stereocenters. The van der Waals surface area contributed by atoms with E-state index < -0.39 is 0 Å². The number of carbonyl (C=O) groups excluding carboxylic acids is 1. The van der Waals surface area contributed by atoms with Crippen molar-refractivity contribution in [2.45, 2.75) is 26.4 Å². The molecule has 2 rings (SSSR count). The summed E-state index contributed by atoms with van der Waals surface area (Å²) in [7, 11) is 0. The summed E-state index contributed by atoms with van der Waals surface area (Å²) in [6.45, 7) is 4.82. The fourth-order valence-corrected chi connectivity index (χ4v) is 1.90. The van der Waals surface area contributed by atoms with Gasteiger partial charge in [0.05, 0.1) is 6.54 Å². The van der Waals surface area contributed by atoms with E-state index >= 15 is 0 Å². The van der Waals surface area contributed by atoms with E-state index in [2.05, 4.69) is 9.55 Å². The van der Waals surface area contributed by atoms with Gasteiger partial charge >= 0.3 is 0 Å². The Morgan fingerprint density at radius 1 is 1.62 bits per heavy atom. The molecule has 16 heavy (non-hydrogen) atoms. The quantitative estimate of drug-likeness (QED) is 0.795. The smallest absolute Gasteiger partial charge is 0.223 e. The van der Waals surface area contributed by atoms with Crippen LogP contribution in [0.5, 0.6) is 0 Å². The van der Waals surface area contributed by atoms with Crippen LogP contribution in [0.25, 0.3) is 0 Å². The van der Waals surface area contributed by atoms with Gasteiger partial charge in [0.25, 0.3) is 0 Å². The van der Waals surface area contributed by atoms with Gasteiger partial charge in [-0.1, -0.05) is 6.92 Å². The number of rotatable bonds is 3. The molecule has 1 aliphatic heterocycles. The average Bonchev–Trinajstić information content (AvgIpc) is 2.75. The van der Waals surface area contributed by atoms with Crippen molar-refractivity contribution in [3.8, 4) is 0 Å². The van der Waals surface area contributed by atoms with Crippen molar-refractivity contribution in [3.63, 3.8) is 0 Å². The van der Waals surface area contributed by atoms with Crippen LogP contribution in [0.4, 0.5) is 0 Å². The van der Waals surface area contributed by atoms with Crippen LogP contribution >= 0.6 is 0 Å². The third kappa shape index (κ3) is 2.24. The van der Waals surface area contributed by atoms with E-state index in [1.807, 2.05) is 18.0 Å². The van der Waals surface area contributed by atoms with Gasteiger partial charge in [-0.25, -0.2) is 4.98 Å². The van der Waals surface area contributed by atoms with Crippen LogP contribution in [-0.4, -0.2) is 33.4 Å². The Bertz CT molecular complexity index is 374. The van der Waals surface area contributed by atoms with Crippen molar-refractivity contribution >= 4 is 5.91 Å². The van der Waals surface area contributed by atoms with E-state index in [1.54, 1.807) is 6.20 Å². The predicted octanol–water partition coefficient (Wildman–Crippen LogP) is 0.210. The summed E-state index contributed by atoms with van der Waals surface area (Å²) in [5, 5.41) is 0. The number of carbonyl (C=O) groups is 1. The third-order valence-electron chi connectivity index (χ3n) is 3.02. The fraction of sp³-hybridized carbons (Fsp3) is 0.636. The van der Waals surface area contributed by atoms with E-state index in [0.29, 0.717) is 19.5 Å². The number of hydrogen-bond acceptors (Lipinski definition) is 3. The molecule has 0 aromatic carbocycles. The lowest BCUT2D eigenvalue weighted by Gasteiger charge is -2.28. The highest BCUT2D eigenvalue weighted by Gasteiger charge is 2.21. The van der Waals surface area contributed by atoms with Gasteiger partial charge in [0.1, 0.15) is 5.82 Å². The lowest BCUT2D eigenvalue weighted by molar-refractivity contribution is -0.133. The largest absolute Gasteiger partial charge is 0.333 e. The number of imidazole rings is 1. The molecule has 88 valence electrons. The van der Waals surface area contributed by atoms with Crippen molar-refractivity contribution < 1.29 is 4.79 Å². The highest BCUT2D eigenvalue weighted by molar-refractivity contribution is 5.76. The first-order valence-electron chi connectivity index (χ1n) is 5.68.